The number of hydrogen-bond acceptors (Lipinski definition) is 8. The molecule has 1 N–H and O–H groups in total. The predicted octanol–water partition coefficient (Wildman–Crippen LogP) is 0.172. The molecule has 0 radical (unpaired) electrons. The third-order valence-electron chi connectivity index (χ3n) is 4.38. The van der Waals surface area contributed by atoms with E-state index in [0.717, 1.165) is 31.7 Å². The molecule has 1 aliphatic heterocycles. The van der Waals surface area contributed by atoms with Gasteiger partial charge in [-0.3, -0.25) is 14.8 Å². The van der Waals surface area contributed by atoms with E-state index < -0.39 is 6.10 Å². The lowest BCUT2D eigenvalue weighted by molar-refractivity contribution is 0.0574. The van der Waals surface area contributed by atoms with Gasteiger partial charge in [-0.05, 0) is 26.2 Å². The largest absolute Gasteiger partial charge is 0.390 e. The molecule has 8 nitrogen and oxygen atoms in total. The fourth-order valence-electron chi connectivity index (χ4n) is 2.97. The zero-order valence-corrected chi connectivity index (χ0v) is 14.9. The Morgan fingerprint density at radius 2 is 2.12 bits per heavy atom. The topological polar surface area (TPSA) is 81.8 Å². The molecular formula is C17H26N6O2. The Kier molecular flexibility index (Phi) is 6.09. The molecule has 8 heteroatoms. The minimum atomic E-state index is -0.394. The Labute approximate surface area is 148 Å². The fourth-order valence-corrected chi connectivity index (χ4v) is 2.97. The van der Waals surface area contributed by atoms with Crippen LogP contribution < -0.4 is 0 Å². The molecular weight excluding hydrogens is 320 g/mol. The Hall–Kier alpha value is -1.87. The van der Waals surface area contributed by atoms with E-state index in [1.54, 1.807) is 12.4 Å². The molecule has 0 bridgehead atoms. The first-order valence-electron chi connectivity index (χ1n) is 8.60. The summed E-state index contributed by atoms with van der Waals surface area (Å²) in [5.74, 6) is 1.07. The third-order valence-corrected chi connectivity index (χ3v) is 4.38. The van der Waals surface area contributed by atoms with Crippen LogP contribution >= 0.6 is 0 Å². The number of aromatic nitrogens is 3. The highest BCUT2D eigenvalue weighted by atomic mass is 16.5. The van der Waals surface area contributed by atoms with E-state index in [2.05, 4.69) is 32.0 Å². The van der Waals surface area contributed by atoms with Crippen LogP contribution in [0.2, 0.25) is 0 Å². The van der Waals surface area contributed by atoms with E-state index >= 15 is 0 Å². The first-order chi connectivity index (χ1) is 12.1. The summed E-state index contributed by atoms with van der Waals surface area (Å²) in [5, 5.41) is 14.3. The highest BCUT2D eigenvalue weighted by molar-refractivity contribution is 5.51. The van der Waals surface area contributed by atoms with Gasteiger partial charge < -0.3 is 14.5 Å². The molecule has 0 aromatic carbocycles. The van der Waals surface area contributed by atoms with Crippen molar-refractivity contribution in [3.05, 3.63) is 30.4 Å². The Balaban J connectivity index is 1.46. The third kappa shape index (κ3) is 5.30. The van der Waals surface area contributed by atoms with E-state index in [1.165, 1.54) is 0 Å². The average molecular weight is 346 g/mol. The number of aliphatic hydroxyl groups excluding tert-OH is 1. The second-order valence-electron chi connectivity index (χ2n) is 6.71. The van der Waals surface area contributed by atoms with Crippen molar-refractivity contribution < 1.29 is 9.63 Å². The summed E-state index contributed by atoms with van der Waals surface area (Å²) in [6, 6.07) is 3.73. The number of pyridine rings is 1. The van der Waals surface area contributed by atoms with Gasteiger partial charge in [-0.25, -0.2) is 0 Å². The molecule has 1 saturated heterocycles. The van der Waals surface area contributed by atoms with Crippen LogP contribution in [-0.2, 0) is 6.54 Å². The van der Waals surface area contributed by atoms with Crippen molar-refractivity contribution >= 4 is 0 Å². The lowest BCUT2D eigenvalue weighted by Gasteiger charge is -2.34. The molecule has 1 fully saturated rings. The molecule has 3 rings (SSSR count). The zero-order valence-electron chi connectivity index (χ0n) is 14.9. The Bertz CT molecular complexity index is 642. The van der Waals surface area contributed by atoms with E-state index in [0.29, 0.717) is 31.3 Å². The summed E-state index contributed by atoms with van der Waals surface area (Å²) >= 11 is 0. The molecule has 0 aliphatic carbocycles. The first-order valence-corrected chi connectivity index (χ1v) is 8.60. The standard InChI is InChI=1S/C17H26N6O2/c1-21-6-8-23(9-7-21)12-15(24)11-22(2)13-16-19-17(20-25-16)14-4-3-5-18-10-14/h3-5,10,15,24H,6-9,11-13H2,1-2H3. The summed E-state index contributed by atoms with van der Waals surface area (Å²) in [7, 11) is 4.08. The van der Waals surface area contributed by atoms with Gasteiger partial charge in [0, 0.05) is 57.2 Å². The SMILES string of the molecule is CN1CCN(CC(O)CN(C)Cc2nc(-c3cccnc3)no2)CC1. The monoisotopic (exact) mass is 346 g/mol. The molecule has 1 atom stereocenters. The smallest absolute Gasteiger partial charge is 0.241 e. The van der Waals surface area contributed by atoms with Crippen LogP contribution in [0.4, 0.5) is 0 Å². The van der Waals surface area contributed by atoms with Crippen molar-refractivity contribution in [1.82, 2.24) is 29.8 Å². The summed E-state index contributed by atoms with van der Waals surface area (Å²) < 4.78 is 5.30. The van der Waals surface area contributed by atoms with Gasteiger partial charge >= 0.3 is 0 Å². The van der Waals surface area contributed by atoms with Gasteiger partial charge in [0.25, 0.3) is 0 Å². The van der Waals surface area contributed by atoms with Crippen LogP contribution in [0.5, 0.6) is 0 Å². The summed E-state index contributed by atoms with van der Waals surface area (Å²) in [6.07, 6.45) is 3.02. The number of rotatable bonds is 7. The van der Waals surface area contributed by atoms with Gasteiger partial charge in [0.2, 0.25) is 11.7 Å². The molecule has 0 amide bonds. The first kappa shape index (κ1) is 17.9. The van der Waals surface area contributed by atoms with E-state index in [9.17, 15) is 5.11 Å². The molecule has 0 saturated carbocycles. The van der Waals surface area contributed by atoms with Crippen molar-refractivity contribution in [2.75, 3.05) is 53.4 Å². The van der Waals surface area contributed by atoms with Crippen molar-refractivity contribution in [2.45, 2.75) is 12.6 Å². The summed E-state index contributed by atoms with van der Waals surface area (Å²) in [6.45, 7) is 5.90. The number of aliphatic hydroxyl groups is 1. The normalized spacial score (nSPS) is 17.9. The van der Waals surface area contributed by atoms with E-state index in [4.69, 9.17) is 4.52 Å². The maximum atomic E-state index is 10.3. The molecule has 1 aliphatic rings. The molecule has 0 spiro atoms. The fraction of sp³-hybridized carbons (Fsp3) is 0.588. The van der Waals surface area contributed by atoms with E-state index in [1.807, 2.05) is 24.1 Å². The number of piperazine rings is 1. The summed E-state index contributed by atoms with van der Waals surface area (Å²) in [5.41, 5.74) is 0.829. The second kappa shape index (κ2) is 8.48. The lowest BCUT2D eigenvalue weighted by Crippen LogP contribution is -2.48. The van der Waals surface area contributed by atoms with Crippen LogP contribution in [0.1, 0.15) is 5.89 Å². The Morgan fingerprint density at radius 3 is 2.84 bits per heavy atom. The lowest BCUT2D eigenvalue weighted by atomic mass is 10.2. The van der Waals surface area contributed by atoms with Crippen LogP contribution in [-0.4, -0.2) is 94.4 Å². The molecule has 1 unspecified atom stereocenters. The minimum absolute atomic E-state index is 0.394. The number of β-amino-alcohol motifs (C(OH)–C–C–N with tert-alkyl or cyclic N) is 1. The van der Waals surface area contributed by atoms with E-state index in [-0.39, 0.29) is 0 Å². The van der Waals surface area contributed by atoms with Crippen molar-refractivity contribution in [2.24, 2.45) is 0 Å². The van der Waals surface area contributed by atoms with Gasteiger partial charge in [-0.2, -0.15) is 4.98 Å². The van der Waals surface area contributed by atoms with Crippen LogP contribution in [0.25, 0.3) is 11.4 Å². The number of nitrogens with zero attached hydrogens (tertiary/aromatic N) is 6. The predicted molar refractivity (Wildman–Crippen MR) is 93.8 cm³/mol. The van der Waals surface area contributed by atoms with Gasteiger partial charge in [0.15, 0.2) is 0 Å². The summed E-state index contributed by atoms with van der Waals surface area (Å²) in [4.78, 5) is 15.1. The number of hydrogen-bond donors (Lipinski definition) is 1. The van der Waals surface area contributed by atoms with Crippen molar-refractivity contribution in [3.8, 4) is 11.4 Å². The van der Waals surface area contributed by atoms with Gasteiger partial charge in [-0.15, -0.1) is 0 Å². The van der Waals surface area contributed by atoms with Crippen LogP contribution in [0, 0.1) is 0 Å². The molecule has 3 heterocycles. The number of likely N-dealkylation sites (N-methyl/N-ethyl adjacent to an activating group) is 2. The van der Waals surface area contributed by atoms with Gasteiger partial charge in [0.1, 0.15) is 0 Å². The second-order valence-corrected chi connectivity index (χ2v) is 6.71. The maximum absolute atomic E-state index is 10.3. The van der Waals surface area contributed by atoms with Gasteiger partial charge in [0.05, 0.1) is 12.6 Å². The van der Waals surface area contributed by atoms with Gasteiger partial charge in [-0.1, -0.05) is 5.16 Å². The molecule has 136 valence electrons. The molecule has 2 aromatic heterocycles. The highest BCUT2D eigenvalue weighted by Crippen LogP contribution is 2.14. The van der Waals surface area contributed by atoms with Crippen LogP contribution in [0.3, 0.4) is 0 Å². The Morgan fingerprint density at radius 1 is 1.32 bits per heavy atom. The van der Waals surface area contributed by atoms with Crippen molar-refractivity contribution in [3.63, 3.8) is 0 Å². The maximum Gasteiger partial charge on any atom is 0.241 e. The quantitative estimate of drug-likeness (QED) is 0.760. The minimum Gasteiger partial charge on any atom is -0.390 e. The molecule has 2 aromatic rings. The molecule has 25 heavy (non-hydrogen) atoms. The van der Waals surface area contributed by atoms with Crippen LogP contribution in [0.15, 0.2) is 29.0 Å². The van der Waals surface area contributed by atoms with Crippen molar-refractivity contribution in [1.29, 1.82) is 0 Å². The zero-order chi connectivity index (χ0) is 17.6. The average Bonchev–Trinajstić information content (AvgIpc) is 3.06. The highest BCUT2D eigenvalue weighted by Gasteiger charge is 2.19.